The molecule has 0 unspecified atom stereocenters. The maximum Gasteiger partial charge on any atom is 0.336 e. The van der Waals surface area contributed by atoms with Gasteiger partial charge in [0.1, 0.15) is 0 Å². The van der Waals surface area contributed by atoms with Crippen molar-refractivity contribution in [3.05, 3.63) is 40.9 Å². The Morgan fingerprint density at radius 1 is 1.44 bits per heavy atom. The van der Waals surface area contributed by atoms with Crippen LogP contribution in [0.15, 0.2) is 29.8 Å². The van der Waals surface area contributed by atoms with Gasteiger partial charge in [-0.1, -0.05) is 24.2 Å². The van der Waals surface area contributed by atoms with Crippen molar-refractivity contribution in [1.29, 1.82) is 0 Å². The van der Waals surface area contributed by atoms with Crippen LogP contribution in [-0.4, -0.2) is 23.7 Å². The van der Waals surface area contributed by atoms with Crippen LogP contribution in [0.4, 0.5) is 10.5 Å². The molecule has 3 N–H and O–H groups in total. The van der Waals surface area contributed by atoms with E-state index in [-0.39, 0.29) is 12.1 Å². The molecule has 1 aromatic carbocycles. The average Bonchev–Trinajstić information content (AvgIpc) is 2.29. The molecule has 0 saturated heterocycles. The summed E-state index contributed by atoms with van der Waals surface area (Å²) in [5.74, 6) is -1.04. The third-order valence-electron chi connectivity index (χ3n) is 2.25. The Hall–Kier alpha value is -2.01. The van der Waals surface area contributed by atoms with E-state index in [4.69, 9.17) is 16.7 Å². The Kier molecular flexibility index (Phi) is 4.74. The first-order valence-electron chi connectivity index (χ1n) is 5.13. The standard InChI is InChI=1S/C12H13ClN2O3/c1-7(13)6-14-12(18)15-10-5-3-4-9(8(10)2)11(16)17/h3-5H,1,6H2,2H3,(H,16,17)(H2,14,15,18). The SMILES string of the molecule is C=C(Cl)CNC(=O)Nc1cccc(C(=O)O)c1C. The van der Waals surface area contributed by atoms with Crippen LogP contribution in [0.3, 0.4) is 0 Å². The molecule has 0 bridgehead atoms. The molecule has 6 heteroatoms. The number of nitrogens with one attached hydrogen (secondary N) is 2. The summed E-state index contributed by atoms with van der Waals surface area (Å²) in [5, 5.41) is 14.3. The molecule has 0 aliphatic rings. The lowest BCUT2D eigenvalue weighted by Crippen LogP contribution is -2.30. The normalized spacial score (nSPS) is 9.67. The fourth-order valence-electron chi connectivity index (χ4n) is 1.35. The number of halogens is 1. The Bertz CT molecular complexity index is 500. The minimum atomic E-state index is -1.04. The molecule has 0 radical (unpaired) electrons. The molecule has 96 valence electrons. The summed E-state index contributed by atoms with van der Waals surface area (Å²) in [6, 6.07) is 4.19. The number of anilines is 1. The van der Waals surface area contributed by atoms with E-state index in [1.54, 1.807) is 19.1 Å². The number of benzene rings is 1. The van der Waals surface area contributed by atoms with E-state index in [9.17, 15) is 9.59 Å². The van der Waals surface area contributed by atoms with Crippen molar-refractivity contribution in [3.63, 3.8) is 0 Å². The van der Waals surface area contributed by atoms with E-state index in [2.05, 4.69) is 17.2 Å². The van der Waals surface area contributed by atoms with Crippen LogP contribution in [0.5, 0.6) is 0 Å². The van der Waals surface area contributed by atoms with Gasteiger partial charge in [0.05, 0.1) is 12.1 Å². The van der Waals surface area contributed by atoms with Crippen molar-refractivity contribution >= 4 is 29.3 Å². The Balaban J connectivity index is 2.79. The van der Waals surface area contributed by atoms with Crippen LogP contribution in [0, 0.1) is 6.92 Å². The van der Waals surface area contributed by atoms with Gasteiger partial charge in [0.2, 0.25) is 0 Å². The topological polar surface area (TPSA) is 78.4 Å². The number of rotatable bonds is 4. The highest BCUT2D eigenvalue weighted by atomic mass is 35.5. The fourth-order valence-corrected chi connectivity index (χ4v) is 1.41. The number of amides is 2. The van der Waals surface area contributed by atoms with Crippen molar-refractivity contribution in [2.75, 3.05) is 11.9 Å². The van der Waals surface area contributed by atoms with Crippen LogP contribution in [0.25, 0.3) is 0 Å². The van der Waals surface area contributed by atoms with Gasteiger partial charge in [-0.15, -0.1) is 0 Å². The molecule has 0 fully saturated rings. The smallest absolute Gasteiger partial charge is 0.336 e. The van der Waals surface area contributed by atoms with Gasteiger partial charge in [-0.05, 0) is 24.6 Å². The molecule has 0 atom stereocenters. The second kappa shape index (κ2) is 6.07. The maximum absolute atomic E-state index is 11.5. The monoisotopic (exact) mass is 268 g/mol. The molecule has 0 heterocycles. The van der Waals surface area contributed by atoms with E-state index in [0.29, 0.717) is 16.3 Å². The molecule has 0 aromatic heterocycles. The Labute approximate surface area is 109 Å². The van der Waals surface area contributed by atoms with Crippen molar-refractivity contribution < 1.29 is 14.7 Å². The third kappa shape index (κ3) is 3.78. The molecule has 2 amide bonds. The van der Waals surface area contributed by atoms with E-state index in [1.807, 2.05) is 0 Å². The molecular weight excluding hydrogens is 256 g/mol. The van der Waals surface area contributed by atoms with Gasteiger partial charge in [-0.3, -0.25) is 0 Å². The molecule has 0 spiro atoms. The minimum Gasteiger partial charge on any atom is -0.478 e. The van der Waals surface area contributed by atoms with E-state index < -0.39 is 12.0 Å². The van der Waals surface area contributed by atoms with Crippen LogP contribution in [-0.2, 0) is 0 Å². The van der Waals surface area contributed by atoms with Crippen molar-refractivity contribution in [2.45, 2.75) is 6.92 Å². The van der Waals surface area contributed by atoms with Crippen molar-refractivity contribution in [1.82, 2.24) is 5.32 Å². The largest absolute Gasteiger partial charge is 0.478 e. The number of urea groups is 1. The molecule has 5 nitrogen and oxygen atoms in total. The number of carbonyl (C=O) groups excluding carboxylic acids is 1. The van der Waals surface area contributed by atoms with Gasteiger partial charge in [0, 0.05) is 10.7 Å². The molecule has 1 aromatic rings. The maximum atomic E-state index is 11.5. The quantitative estimate of drug-likeness (QED) is 0.785. The highest BCUT2D eigenvalue weighted by Crippen LogP contribution is 2.18. The van der Waals surface area contributed by atoms with Gasteiger partial charge >= 0.3 is 12.0 Å². The lowest BCUT2D eigenvalue weighted by molar-refractivity contribution is 0.0696. The molecular formula is C12H13ClN2O3. The summed E-state index contributed by atoms with van der Waals surface area (Å²) in [6.07, 6.45) is 0. The zero-order chi connectivity index (χ0) is 13.7. The predicted molar refractivity (Wildman–Crippen MR) is 70.2 cm³/mol. The van der Waals surface area contributed by atoms with Gasteiger partial charge in [0.25, 0.3) is 0 Å². The molecule has 0 aliphatic heterocycles. The number of carboxylic acid groups (broad SMARTS) is 1. The molecule has 1 rings (SSSR count). The van der Waals surface area contributed by atoms with Gasteiger partial charge < -0.3 is 15.7 Å². The average molecular weight is 269 g/mol. The third-order valence-corrected chi connectivity index (χ3v) is 2.39. The first-order chi connectivity index (χ1) is 8.41. The number of carbonyl (C=O) groups is 2. The van der Waals surface area contributed by atoms with Gasteiger partial charge in [-0.25, -0.2) is 9.59 Å². The summed E-state index contributed by atoms with van der Waals surface area (Å²) in [4.78, 5) is 22.4. The zero-order valence-corrected chi connectivity index (χ0v) is 10.5. The van der Waals surface area contributed by atoms with Crippen molar-refractivity contribution in [2.24, 2.45) is 0 Å². The number of hydrogen-bond acceptors (Lipinski definition) is 2. The van der Waals surface area contributed by atoms with E-state index >= 15 is 0 Å². The lowest BCUT2D eigenvalue weighted by Gasteiger charge is -2.11. The Morgan fingerprint density at radius 3 is 2.67 bits per heavy atom. The number of carboxylic acids is 1. The second-order valence-electron chi connectivity index (χ2n) is 3.61. The van der Waals surface area contributed by atoms with Crippen LogP contribution < -0.4 is 10.6 Å². The summed E-state index contributed by atoms with van der Waals surface area (Å²) in [6.45, 7) is 5.20. The summed E-state index contributed by atoms with van der Waals surface area (Å²) >= 11 is 5.51. The lowest BCUT2D eigenvalue weighted by atomic mass is 10.1. The first-order valence-corrected chi connectivity index (χ1v) is 5.50. The molecule has 0 aliphatic carbocycles. The zero-order valence-electron chi connectivity index (χ0n) is 9.79. The summed E-state index contributed by atoms with van der Waals surface area (Å²) in [7, 11) is 0. The van der Waals surface area contributed by atoms with E-state index in [1.165, 1.54) is 6.07 Å². The van der Waals surface area contributed by atoms with Crippen LogP contribution in [0.2, 0.25) is 0 Å². The number of aromatic carboxylic acids is 1. The van der Waals surface area contributed by atoms with Crippen molar-refractivity contribution in [3.8, 4) is 0 Å². The summed E-state index contributed by atoms with van der Waals surface area (Å²) in [5.41, 5.74) is 1.08. The highest BCUT2D eigenvalue weighted by Gasteiger charge is 2.11. The van der Waals surface area contributed by atoms with Gasteiger partial charge in [-0.2, -0.15) is 0 Å². The fraction of sp³-hybridized carbons (Fsp3) is 0.167. The molecule has 0 saturated carbocycles. The van der Waals surface area contributed by atoms with Crippen LogP contribution in [0.1, 0.15) is 15.9 Å². The Morgan fingerprint density at radius 2 is 2.11 bits per heavy atom. The molecule has 18 heavy (non-hydrogen) atoms. The highest BCUT2D eigenvalue weighted by molar-refractivity contribution is 6.29. The minimum absolute atomic E-state index is 0.144. The van der Waals surface area contributed by atoms with Crippen LogP contribution >= 0.6 is 11.6 Å². The summed E-state index contributed by atoms with van der Waals surface area (Å²) < 4.78 is 0. The van der Waals surface area contributed by atoms with Gasteiger partial charge in [0.15, 0.2) is 0 Å². The second-order valence-corrected chi connectivity index (χ2v) is 4.14. The number of hydrogen-bond donors (Lipinski definition) is 3. The predicted octanol–water partition coefficient (Wildman–Crippen LogP) is 2.57. The first kappa shape index (κ1) is 14.1. The van der Waals surface area contributed by atoms with E-state index in [0.717, 1.165) is 0 Å².